The molecule has 2 aromatic carbocycles. The smallest absolute Gasteiger partial charge is 0.255 e. The molecule has 0 spiro atoms. The Bertz CT molecular complexity index is 799. The number of rotatable bonds is 4. The fourth-order valence-electron chi connectivity index (χ4n) is 1.88. The Hall–Kier alpha value is -2.38. The van der Waals surface area contributed by atoms with Gasteiger partial charge in [0.05, 0.1) is 7.11 Å². The summed E-state index contributed by atoms with van der Waals surface area (Å²) in [6.07, 6.45) is 0. The summed E-state index contributed by atoms with van der Waals surface area (Å²) in [6, 6.07) is 11.3. The van der Waals surface area contributed by atoms with Gasteiger partial charge in [-0.3, -0.25) is 4.79 Å². The van der Waals surface area contributed by atoms with Crippen LogP contribution in [0.1, 0.15) is 15.9 Å². The fourth-order valence-corrected chi connectivity index (χ4v) is 2.60. The lowest BCUT2D eigenvalue weighted by Crippen LogP contribution is -2.16. The van der Waals surface area contributed by atoms with Crippen LogP contribution in [0.2, 0.25) is 0 Å². The number of ether oxygens (including phenoxy) is 1. The van der Waals surface area contributed by atoms with Crippen LogP contribution in [0, 0.1) is 6.92 Å². The zero-order valence-corrected chi connectivity index (χ0v) is 13.0. The second kappa shape index (κ2) is 6.17. The molecule has 0 fully saturated rings. The van der Waals surface area contributed by atoms with Crippen LogP contribution < -0.4 is 15.2 Å². The molecule has 0 aliphatic carbocycles. The first-order valence-corrected chi connectivity index (χ1v) is 7.95. The van der Waals surface area contributed by atoms with Crippen molar-refractivity contribution in [2.24, 2.45) is 5.14 Å². The average molecular weight is 320 g/mol. The Labute approximate surface area is 129 Å². The van der Waals surface area contributed by atoms with Crippen LogP contribution in [0.4, 0.5) is 5.69 Å². The van der Waals surface area contributed by atoms with Crippen LogP contribution >= 0.6 is 0 Å². The average Bonchev–Trinajstić information content (AvgIpc) is 2.48. The van der Waals surface area contributed by atoms with Crippen LogP contribution in [0.25, 0.3) is 0 Å². The Balaban J connectivity index is 2.32. The summed E-state index contributed by atoms with van der Waals surface area (Å²) in [5.41, 5.74) is 1.85. The van der Waals surface area contributed by atoms with Gasteiger partial charge >= 0.3 is 0 Å². The summed E-state index contributed by atoms with van der Waals surface area (Å²) in [6.45, 7) is 1.94. The van der Waals surface area contributed by atoms with Crippen molar-refractivity contribution in [2.75, 3.05) is 12.4 Å². The van der Waals surface area contributed by atoms with Crippen molar-refractivity contribution >= 4 is 21.6 Å². The third-order valence-corrected chi connectivity index (χ3v) is 3.97. The highest BCUT2D eigenvalue weighted by Crippen LogP contribution is 2.24. The van der Waals surface area contributed by atoms with Gasteiger partial charge in [0, 0.05) is 11.3 Å². The second-order valence-corrected chi connectivity index (χ2v) is 6.26. The molecule has 0 unspecified atom stereocenters. The van der Waals surface area contributed by atoms with E-state index in [1.54, 1.807) is 12.1 Å². The van der Waals surface area contributed by atoms with Crippen molar-refractivity contribution in [3.63, 3.8) is 0 Å². The first-order valence-electron chi connectivity index (χ1n) is 6.40. The van der Waals surface area contributed by atoms with Gasteiger partial charge in [-0.1, -0.05) is 17.7 Å². The highest BCUT2D eigenvalue weighted by Gasteiger charge is 2.18. The van der Waals surface area contributed by atoms with E-state index < -0.39 is 15.9 Å². The Kier molecular flexibility index (Phi) is 4.48. The molecule has 0 heterocycles. The molecule has 0 aromatic heterocycles. The quantitative estimate of drug-likeness (QED) is 0.899. The molecule has 3 N–H and O–H groups in total. The number of nitrogens with two attached hydrogens (primary N) is 1. The van der Waals surface area contributed by atoms with Gasteiger partial charge in [-0.25, -0.2) is 13.6 Å². The minimum Gasteiger partial charge on any atom is -0.495 e. The lowest BCUT2D eigenvalue weighted by Gasteiger charge is -2.10. The van der Waals surface area contributed by atoms with E-state index in [9.17, 15) is 13.2 Å². The molecule has 0 radical (unpaired) electrons. The van der Waals surface area contributed by atoms with E-state index >= 15 is 0 Å². The van der Waals surface area contributed by atoms with E-state index in [-0.39, 0.29) is 16.2 Å². The van der Waals surface area contributed by atoms with E-state index in [1.165, 1.54) is 25.3 Å². The van der Waals surface area contributed by atoms with E-state index in [1.807, 2.05) is 19.1 Å². The molecule has 0 aliphatic heterocycles. The highest BCUT2D eigenvalue weighted by atomic mass is 32.2. The number of carbonyl (C=O) groups is 1. The van der Waals surface area contributed by atoms with E-state index in [0.29, 0.717) is 5.69 Å². The van der Waals surface area contributed by atoms with Gasteiger partial charge in [0.1, 0.15) is 10.6 Å². The first kappa shape index (κ1) is 16.0. The molecule has 0 aliphatic rings. The minimum atomic E-state index is -3.99. The number of methoxy groups -OCH3 is 1. The molecule has 6 nitrogen and oxygen atoms in total. The SMILES string of the molecule is COc1ccc(C(=O)Nc2ccc(C)cc2)cc1S(N)(=O)=O. The molecule has 22 heavy (non-hydrogen) atoms. The number of carbonyl (C=O) groups excluding carboxylic acids is 1. The normalized spacial score (nSPS) is 11.0. The molecule has 0 bridgehead atoms. The van der Waals surface area contributed by atoms with Gasteiger partial charge in [0.15, 0.2) is 0 Å². The maximum absolute atomic E-state index is 12.2. The lowest BCUT2D eigenvalue weighted by molar-refractivity contribution is 0.102. The van der Waals surface area contributed by atoms with Crippen LogP contribution in [-0.2, 0) is 10.0 Å². The van der Waals surface area contributed by atoms with Crippen molar-refractivity contribution in [2.45, 2.75) is 11.8 Å². The topological polar surface area (TPSA) is 98.5 Å². The maximum atomic E-state index is 12.2. The van der Waals surface area contributed by atoms with Crippen molar-refractivity contribution in [1.29, 1.82) is 0 Å². The third-order valence-electron chi connectivity index (χ3n) is 3.04. The number of aryl methyl sites for hydroxylation is 1. The van der Waals surface area contributed by atoms with Crippen LogP contribution in [-0.4, -0.2) is 21.4 Å². The van der Waals surface area contributed by atoms with Crippen LogP contribution in [0.15, 0.2) is 47.4 Å². The van der Waals surface area contributed by atoms with Crippen molar-refractivity contribution in [3.8, 4) is 5.75 Å². The van der Waals surface area contributed by atoms with Gasteiger partial charge < -0.3 is 10.1 Å². The Morgan fingerprint density at radius 1 is 1.14 bits per heavy atom. The Morgan fingerprint density at radius 3 is 2.32 bits per heavy atom. The molecular formula is C15H16N2O4S. The molecule has 0 atom stereocenters. The number of hydrogen-bond donors (Lipinski definition) is 2. The number of sulfonamides is 1. The molecule has 1 amide bonds. The maximum Gasteiger partial charge on any atom is 0.255 e. The van der Waals surface area contributed by atoms with Gasteiger partial charge in [-0.2, -0.15) is 0 Å². The zero-order chi connectivity index (χ0) is 16.3. The monoisotopic (exact) mass is 320 g/mol. The molecular weight excluding hydrogens is 304 g/mol. The van der Waals surface area contributed by atoms with Crippen molar-refractivity contribution in [1.82, 2.24) is 0 Å². The predicted molar refractivity (Wildman–Crippen MR) is 83.5 cm³/mol. The molecule has 2 rings (SSSR count). The van der Waals surface area contributed by atoms with Gasteiger partial charge in [0.2, 0.25) is 10.0 Å². The number of nitrogens with one attached hydrogen (secondary N) is 1. The van der Waals surface area contributed by atoms with Gasteiger partial charge in [0.25, 0.3) is 5.91 Å². The standard InChI is InChI=1S/C15H16N2O4S/c1-10-3-6-12(7-4-10)17-15(18)11-5-8-13(21-2)14(9-11)22(16,19)20/h3-9H,1-2H3,(H,17,18)(H2,16,19,20). The minimum absolute atomic E-state index is 0.0920. The second-order valence-electron chi connectivity index (χ2n) is 4.73. The van der Waals surface area contributed by atoms with Crippen molar-refractivity contribution < 1.29 is 17.9 Å². The summed E-state index contributed by atoms with van der Waals surface area (Å²) < 4.78 is 28.0. The molecule has 7 heteroatoms. The van der Waals surface area contributed by atoms with E-state index in [2.05, 4.69) is 5.32 Å². The lowest BCUT2D eigenvalue weighted by atomic mass is 10.2. The van der Waals surface area contributed by atoms with E-state index in [4.69, 9.17) is 9.88 Å². The summed E-state index contributed by atoms with van der Waals surface area (Å²) in [5.74, 6) is -0.342. The van der Waals surface area contributed by atoms with Crippen LogP contribution in [0.3, 0.4) is 0 Å². The highest BCUT2D eigenvalue weighted by molar-refractivity contribution is 7.89. The molecule has 2 aromatic rings. The summed E-state index contributed by atoms with van der Waals surface area (Å²) in [7, 11) is -2.66. The summed E-state index contributed by atoms with van der Waals surface area (Å²) >= 11 is 0. The first-order chi connectivity index (χ1) is 10.3. The number of amides is 1. The predicted octanol–water partition coefficient (Wildman–Crippen LogP) is 1.90. The molecule has 0 saturated carbocycles. The van der Waals surface area contributed by atoms with Gasteiger partial charge in [-0.15, -0.1) is 0 Å². The number of benzene rings is 2. The zero-order valence-electron chi connectivity index (χ0n) is 12.2. The Morgan fingerprint density at radius 2 is 1.77 bits per heavy atom. The van der Waals surface area contributed by atoms with Gasteiger partial charge in [-0.05, 0) is 37.3 Å². The number of primary sulfonamides is 1. The van der Waals surface area contributed by atoms with Crippen LogP contribution in [0.5, 0.6) is 5.75 Å². The van der Waals surface area contributed by atoms with Crippen molar-refractivity contribution in [3.05, 3.63) is 53.6 Å². The third kappa shape index (κ3) is 3.63. The largest absolute Gasteiger partial charge is 0.495 e. The fraction of sp³-hybridized carbons (Fsp3) is 0.133. The molecule has 0 saturated heterocycles. The molecule has 116 valence electrons. The summed E-state index contributed by atoms with van der Waals surface area (Å²) in [5, 5.41) is 7.82. The summed E-state index contributed by atoms with van der Waals surface area (Å²) in [4.78, 5) is 12.0. The number of anilines is 1. The number of hydrogen-bond acceptors (Lipinski definition) is 4. The van der Waals surface area contributed by atoms with E-state index in [0.717, 1.165) is 5.56 Å².